The minimum Gasteiger partial charge on any atom is -0.121 e. The van der Waals surface area contributed by atoms with E-state index in [0.29, 0.717) is 7.92 Å². The van der Waals surface area contributed by atoms with Crippen LogP contribution in [0.4, 0.5) is 0 Å². The summed E-state index contributed by atoms with van der Waals surface area (Å²) in [7, 11) is 3.07. The first-order valence-electron chi connectivity index (χ1n) is 6.07. The van der Waals surface area contributed by atoms with Crippen LogP contribution >= 0.6 is 25.1 Å². The molecule has 1 fully saturated rings. The van der Waals surface area contributed by atoms with Crippen molar-refractivity contribution in [3.8, 4) is 0 Å². The molecular formula is C11H25P3. The van der Waals surface area contributed by atoms with Gasteiger partial charge >= 0.3 is 0 Å². The first kappa shape index (κ1) is 13.4. The fourth-order valence-corrected chi connectivity index (χ4v) is 8.87. The van der Waals surface area contributed by atoms with E-state index in [1.165, 1.54) is 36.4 Å². The Hall–Kier alpha value is 1.29. The van der Waals surface area contributed by atoms with Gasteiger partial charge in [0.2, 0.25) is 0 Å². The summed E-state index contributed by atoms with van der Waals surface area (Å²) < 4.78 is 0. The molecule has 2 atom stereocenters. The molecule has 0 N–H and O–H groups in total. The van der Waals surface area contributed by atoms with Gasteiger partial charge in [-0.2, -0.15) is 0 Å². The van der Waals surface area contributed by atoms with Crippen LogP contribution in [-0.2, 0) is 0 Å². The van der Waals surface area contributed by atoms with Gasteiger partial charge in [0, 0.05) is 0 Å². The number of rotatable bonds is 4. The van der Waals surface area contributed by atoms with Gasteiger partial charge in [0.25, 0.3) is 0 Å². The Balaban J connectivity index is 2.12. The predicted octanol–water partition coefficient (Wildman–Crippen LogP) is 4.03. The molecule has 0 saturated carbocycles. The van der Waals surface area contributed by atoms with Crippen LogP contribution in [0, 0.1) is 0 Å². The van der Waals surface area contributed by atoms with Crippen LogP contribution in [-0.4, -0.2) is 43.1 Å². The zero-order chi connectivity index (χ0) is 10.1. The van der Waals surface area contributed by atoms with E-state index in [0.717, 1.165) is 0 Å². The first-order chi connectivity index (χ1) is 6.93. The van der Waals surface area contributed by atoms with Crippen molar-refractivity contribution in [2.24, 2.45) is 0 Å². The third-order valence-corrected chi connectivity index (χ3v) is 9.18. The van der Waals surface area contributed by atoms with Gasteiger partial charge in [-0.15, -0.1) is 25.1 Å². The molecule has 84 valence electrons. The second kappa shape index (κ2) is 9.51. The second-order valence-electron chi connectivity index (χ2n) is 4.05. The zero-order valence-corrected chi connectivity index (χ0v) is 12.4. The Kier molecular flexibility index (Phi) is 9.07. The van der Waals surface area contributed by atoms with Crippen molar-refractivity contribution >= 4 is 25.1 Å². The van der Waals surface area contributed by atoms with Gasteiger partial charge in [-0.05, 0) is 49.6 Å². The molecule has 0 nitrogen and oxygen atoms in total. The summed E-state index contributed by atoms with van der Waals surface area (Å²) in [5.74, 6) is 0. The maximum atomic E-state index is 2.32. The third kappa shape index (κ3) is 6.71. The van der Waals surface area contributed by atoms with Crippen LogP contribution in [0.25, 0.3) is 0 Å². The SMILES string of the molecule is CCCCCP1CCPCCPCC1. The Labute approximate surface area is 94.7 Å². The lowest BCUT2D eigenvalue weighted by atomic mass is 10.3. The zero-order valence-electron chi connectivity index (χ0n) is 9.52. The average Bonchev–Trinajstić information content (AvgIpc) is 2.32. The summed E-state index contributed by atoms with van der Waals surface area (Å²) in [5.41, 5.74) is 0. The predicted molar refractivity (Wildman–Crippen MR) is 77.1 cm³/mol. The van der Waals surface area contributed by atoms with Crippen molar-refractivity contribution < 1.29 is 0 Å². The van der Waals surface area contributed by atoms with Gasteiger partial charge in [0.15, 0.2) is 0 Å². The van der Waals surface area contributed by atoms with E-state index in [4.69, 9.17) is 0 Å². The molecule has 0 aliphatic carbocycles. The normalized spacial score (nSPS) is 28.5. The van der Waals surface area contributed by atoms with Crippen molar-refractivity contribution in [3.05, 3.63) is 0 Å². The van der Waals surface area contributed by atoms with Crippen molar-refractivity contribution in [1.82, 2.24) is 0 Å². The highest BCUT2D eigenvalue weighted by atomic mass is 31.1. The van der Waals surface area contributed by atoms with Gasteiger partial charge in [-0.3, -0.25) is 0 Å². The summed E-state index contributed by atoms with van der Waals surface area (Å²) in [6, 6.07) is 0. The van der Waals surface area contributed by atoms with E-state index in [1.54, 1.807) is 43.1 Å². The fraction of sp³-hybridized carbons (Fsp3) is 1.00. The number of hydrogen-bond donors (Lipinski definition) is 0. The van der Waals surface area contributed by atoms with Crippen LogP contribution in [0.2, 0.25) is 0 Å². The lowest BCUT2D eigenvalue weighted by molar-refractivity contribution is 0.775. The highest BCUT2D eigenvalue weighted by molar-refractivity contribution is 7.59. The van der Waals surface area contributed by atoms with Gasteiger partial charge < -0.3 is 0 Å². The second-order valence-corrected chi connectivity index (χ2v) is 9.73. The van der Waals surface area contributed by atoms with Crippen molar-refractivity contribution in [1.29, 1.82) is 0 Å². The van der Waals surface area contributed by atoms with Gasteiger partial charge in [0.1, 0.15) is 0 Å². The highest BCUT2D eigenvalue weighted by Gasteiger charge is 2.08. The van der Waals surface area contributed by atoms with E-state index in [1.807, 2.05) is 0 Å². The molecule has 1 rings (SSSR count). The lowest BCUT2D eigenvalue weighted by Crippen LogP contribution is -1.98. The van der Waals surface area contributed by atoms with Gasteiger partial charge in [-0.25, -0.2) is 0 Å². The Morgan fingerprint density at radius 1 is 0.929 bits per heavy atom. The molecule has 0 radical (unpaired) electrons. The van der Waals surface area contributed by atoms with Crippen molar-refractivity contribution in [2.45, 2.75) is 26.2 Å². The Morgan fingerprint density at radius 2 is 1.57 bits per heavy atom. The fourth-order valence-electron chi connectivity index (χ4n) is 1.82. The van der Waals surface area contributed by atoms with Crippen LogP contribution in [0.1, 0.15) is 26.2 Å². The monoisotopic (exact) mass is 250 g/mol. The molecule has 0 bridgehead atoms. The molecule has 1 saturated heterocycles. The maximum absolute atomic E-state index is 2.32. The van der Waals surface area contributed by atoms with E-state index in [-0.39, 0.29) is 0 Å². The van der Waals surface area contributed by atoms with Gasteiger partial charge in [-0.1, -0.05) is 19.8 Å². The molecule has 3 heteroatoms. The molecule has 0 spiro atoms. The molecular weight excluding hydrogens is 225 g/mol. The third-order valence-electron chi connectivity index (χ3n) is 2.77. The molecule has 14 heavy (non-hydrogen) atoms. The maximum Gasteiger partial charge on any atom is -0.0289 e. The highest BCUT2D eigenvalue weighted by Crippen LogP contribution is 2.40. The lowest BCUT2D eigenvalue weighted by Gasteiger charge is -2.16. The largest absolute Gasteiger partial charge is 0.121 e. The Bertz CT molecular complexity index is 118. The van der Waals surface area contributed by atoms with Crippen LogP contribution < -0.4 is 0 Å². The van der Waals surface area contributed by atoms with E-state index in [2.05, 4.69) is 6.92 Å². The summed E-state index contributed by atoms with van der Waals surface area (Å²) in [6.07, 6.45) is 15.5. The molecule has 0 aromatic rings. The Morgan fingerprint density at radius 3 is 2.14 bits per heavy atom. The van der Waals surface area contributed by atoms with E-state index in [9.17, 15) is 0 Å². The minimum absolute atomic E-state index is 0.470. The molecule has 0 amide bonds. The molecule has 0 aromatic carbocycles. The molecule has 1 aliphatic rings. The minimum atomic E-state index is 0.470. The number of unbranched alkanes of at least 4 members (excludes halogenated alkanes) is 2. The summed E-state index contributed by atoms with van der Waals surface area (Å²) >= 11 is 0. The number of hydrogen-bond acceptors (Lipinski definition) is 0. The smallest absolute Gasteiger partial charge is 0.0289 e. The van der Waals surface area contributed by atoms with Crippen LogP contribution in [0.5, 0.6) is 0 Å². The average molecular weight is 250 g/mol. The standard InChI is InChI=1S/C11H25P3/c1-2-3-4-9-14-10-7-12-5-6-13-8-11-14/h12-13H,2-11H2,1H3. The summed E-state index contributed by atoms with van der Waals surface area (Å²) in [5, 5.41) is 0. The van der Waals surface area contributed by atoms with Crippen molar-refractivity contribution in [3.63, 3.8) is 0 Å². The van der Waals surface area contributed by atoms with Gasteiger partial charge in [0.05, 0.1) is 0 Å². The molecule has 1 aliphatic heterocycles. The first-order valence-corrected chi connectivity index (χ1v) is 10.8. The molecule has 1 heterocycles. The van der Waals surface area contributed by atoms with Crippen LogP contribution in [0.15, 0.2) is 0 Å². The topological polar surface area (TPSA) is 0 Å². The molecule has 2 unspecified atom stereocenters. The van der Waals surface area contributed by atoms with Crippen LogP contribution in [0.3, 0.4) is 0 Å². The molecule has 0 aromatic heterocycles. The van der Waals surface area contributed by atoms with Crippen molar-refractivity contribution in [2.75, 3.05) is 43.1 Å². The summed E-state index contributed by atoms with van der Waals surface area (Å²) in [4.78, 5) is 0. The summed E-state index contributed by atoms with van der Waals surface area (Å²) in [6.45, 7) is 2.32. The van der Waals surface area contributed by atoms with E-state index >= 15 is 0 Å². The van der Waals surface area contributed by atoms with E-state index < -0.39 is 0 Å². The quantitative estimate of drug-likeness (QED) is 0.522.